The second-order valence-electron chi connectivity index (χ2n) is 7.25. The summed E-state index contributed by atoms with van der Waals surface area (Å²) in [4.78, 5) is 13.4. The van der Waals surface area contributed by atoms with Gasteiger partial charge in [-0.05, 0) is 35.4 Å². The Balaban J connectivity index is 1.46. The molecule has 1 N–H and O–H groups in total. The molecule has 0 saturated carbocycles. The molecule has 4 nitrogen and oxygen atoms in total. The molecule has 1 amide bonds. The molecule has 0 aliphatic heterocycles. The molecule has 0 atom stereocenters. The minimum absolute atomic E-state index is 0.112. The summed E-state index contributed by atoms with van der Waals surface area (Å²) in [6.07, 6.45) is 0. The van der Waals surface area contributed by atoms with E-state index in [0.717, 1.165) is 16.9 Å². The molecule has 0 radical (unpaired) electrons. The van der Waals surface area contributed by atoms with Crippen LogP contribution in [0.2, 0.25) is 0 Å². The van der Waals surface area contributed by atoms with E-state index in [0.29, 0.717) is 24.7 Å². The van der Waals surface area contributed by atoms with Crippen LogP contribution in [-0.2, 0) is 4.79 Å². The topological polar surface area (TPSA) is 47.6 Å². The van der Waals surface area contributed by atoms with Crippen LogP contribution in [0.4, 0.5) is 5.69 Å². The number of carbonyl (C=O) groups is 1. The lowest BCUT2D eigenvalue weighted by Gasteiger charge is -2.19. The van der Waals surface area contributed by atoms with Gasteiger partial charge in [0.25, 0.3) is 0 Å². The summed E-state index contributed by atoms with van der Waals surface area (Å²) < 4.78 is 11.6. The summed E-state index contributed by atoms with van der Waals surface area (Å²) in [6, 6.07) is 36.6. The third-order valence-corrected chi connectivity index (χ3v) is 5.03. The van der Waals surface area contributed by atoms with Gasteiger partial charge in [0.1, 0.15) is 24.7 Å². The van der Waals surface area contributed by atoms with E-state index in [9.17, 15) is 4.79 Å². The highest BCUT2D eigenvalue weighted by molar-refractivity contribution is 5.99. The van der Waals surface area contributed by atoms with Crippen molar-refractivity contribution in [2.75, 3.05) is 18.5 Å². The molecule has 0 spiro atoms. The van der Waals surface area contributed by atoms with Gasteiger partial charge in [-0.1, -0.05) is 91.0 Å². The molecule has 4 heteroatoms. The molecule has 0 bridgehead atoms. The second kappa shape index (κ2) is 10.8. The average molecular weight is 424 g/mol. The van der Waals surface area contributed by atoms with Gasteiger partial charge in [0.2, 0.25) is 5.91 Å². The van der Waals surface area contributed by atoms with Crippen LogP contribution in [0.15, 0.2) is 115 Å². The Labute approximate surface area is 188 Å². The average Bonchev–Trinajstić information content (AvgIpc) is 2.85. The van der Waals surface area contributed by atoms with Gasteiger partial charge in [0.05, 0.1) is 11.6 Å². The monoisotopic (exact) mass is 423 g/mol. The number of amides is 1. The second-order valence-corrected chi connectivity index (χ2v) is 7.25. The summed E-state index contributed by atoms with van der Waals surface area (Å²) in [7, 11) is 0. The number of carbonyl (C=O) groups excluding carboxylic acids is 1. The minimum Gasteiger partial charge on any atom is -0.490 e. The van der Waals surface area contributed by atoms with Crippen molar-refractivity contribution in [2.45, 2.75) is 5.92 Å². The van der Waals surface area contributed by atoms with Crippen molar-refractivity contribution in [1.29, 1.82) is 0 Å². The number of benzene rings is 4. The fourth-order valence-electron chi connectivity index (χ4n) is 3.51. The lowest BCUT2D eigenvalue weighted by Crippen LogP contribution is -2.22. The van der Waals surface area contributed by atoms with Gasteiger partial charge in [-0.15, -0.1) is 0 Å². The molecule has 0 aliphatic carbocycles. The zero-order valence-electron chi connectivity index (χ0n) is 17.7. The Morgan fingerprint density at radius 3 is 1.75 bits per heavy atom. The molecular formula is C28H25NO3. The van der Waals surface area contributed by atoms with Crippen LogP contribution in [0.3, 0.4) is 0 Å². The van der Waals surface area contributed by atoms with Gasteiger partial charge in [-0.3, -0.25) is 4.79 Å². The molecule has 0 heterocycles. The lowest BCUT2D eigenvalue weighted by atomic mass is 9.90. The summed E-state index contributed by atoms with van der Waals surface area (Å²) >= 11 is 0. The summed E-state index contributed by atoms with van der Waals surface area (Å²) in [5.41, 5.74) is 2.51. The Morgan fingerprint density at radius 2 is 1.12 bits per heavy atom. The molecular weight excluding hydrogens is 398 g/mol. The Hall–Kier alpha value is -4.05. The van der Waals surface area contributed by atoms with Crippen LogP contribution in [0.5, 0.6) is 11.5 Å². The van der Waals surface area contributed by atoms with Crippen LogP contribution < -0.4 is 14.8 Å². The number of anilines is 1. The molecule has 4 aromatic rings. The zero-order chi connectivity index (χ0) is 22.0. The van der Waals surface area contributed by atoms with Crippen molar-refractivity contribution in [3.05, 3.63) is 126 Å². The van der Waals surface area contributed by atoms with E-state index in [1.54, 1.807) is 0 Å². The van der Waals surface area contributed by atoms with Crippen molar-refractivity contribution >= 4 is 11.6 Å². The van der Waals surface area contributed by atoms with E-state index >= 15 is 0 Å². The fourth-order valence-corrected chi connectivity index (χ4v) is 3.51. The zero-order valence-corrected chi connectivity index (χ0v) is 17.7. The molecule has 0 aliphatic rings. The third-order valence-electron chi connectivity index (χ3n) is 5.03. The largest absolute Gasteiger partial charge is 0.490 e. The van der Waals surface area contributed by atoms with E-state index < -0.39 is 5.92 Å². The normalized spacial score (nSPS) is 10.5. The van der Waals surface area contributed by atoms with Gasteiger partial charge < -0.3 is 14.8 Å². The summed E-state index contributed by atoms with van der Waals surface area (Å²) in [5, 5.41) is 3.06. The van der Waals surface area contributed by atoms with Gasteiger partial charge in [0, 0.05) is 0 Å². The highest BCUT2D eigenvalue weighted by atomic mass is 16.5. The number of hydrogen-bond acceptors (Lipinski definition) is 3. The predicted molar refractivity (Wildman–Crippen MR) is 127 cm³/mol. The van der Waals surface area contributed by atoms with Gasteiger partial charge in [0.15, 0.2) is 0 Å². The van der Waals surface area contributed by atoms with Crippen molar-refractivity contribution in [2.24, 2.45) is 0 Å². The maximum Gasteiger partial charge on any atom is 0.236 e. The van der Waals surface area contributed by atoms with E-state index in [2.05, 4.69) is 5.32 Å². The van der Waals surface area contributed by atoms with Crippen LogP contribution in [0, 0.1) is 0 Å². The summed E-state index contributed by atoms with van der Waals surface area (Å²) in [5.74, 6) is 0.870. The fraction of sp³-hybridized carbons (Fsp3) is 0.107. The van der Waals surface area contributed by atoms with Crippen molar-refractivity contribution < 1.29 is 14.3 Å². The first-order chi connectivity index (χ1) is 15.8. The maximum atomic E-state index is 13.4. The van der Waals surface area contributed by atoms with Crippen LogP contribution in [-0.4, -0.2) is 19.1 Å². The van der Waals surface area contributed by atoms with E-state index in [-0.39, 0.29) is 5.91 Å². The molecule has 0 saturated heterocycles. The molecule has 160 valence electrons. The van der Waals surface area contributed by atoms with Gasteiger partial charge >= 0.3 is 0 Å². The number of para-hydroxylation sites is 3. The minimum atomic E-state index is -0.424. The van der Waals surface area contributed by atoms with Crippen molar-refractivity contribution in [1.82, 2.24) is 0 Å². The molecule has 0 aromatic heterocycles. The van der Waals surface area contributed by atoms with Crippen LogP contribution >= 0.6 is 0 Å². The van der Waals surface area contributed by atoms with E-state index in [1.165, 1.54) is 0 Å². The van der Waals surface area contributed by atoms with Crippen molar-refractivity contribution in [3.8, 4) is 11.5 Å². The Kier molecular flexibility index (Phi) is 7.17. The smallest absolute Gasteiger partial charge is 0.236 e. The Bertz CT molecular complexity index is 1080. The van der Waals surface area contributed by atoms with Gasteiger partial charge in [-0.25, -0.2) is 0 Å². The molecule has 4 rings (SSSR count). The number of nitrogens with one attached hydrogen (secondary N) is 1. The maximum absolute atomic E-state index is 13.4. The summed E-state index contributed by atoms with van der Waals surface area (Å²) in [6.45, 7) is 0.769. The number of hydrogen-bond donors (Lipinski definition) is 1. The lowest BCUT2D eigenvalue weighted by molar-refractivity contribution is -0.116. The van der Waals surface area contributed by atoms with Crippen LogP contribution in [0.25, 0.3) is 0 Å². The molecule has 32 heavy (non-hydrogen) atoms. The third kappa shape index (κ3) is 5.55. The Morgan fingerprint density at radius 1 is 0.625 bits per heavy atom. The molecule has 0 unspecified atom stereocenters. The number of ether oxygens (including phenoxy) is 2. The van der Waals surface area contributed by atoms with Crippen molar-refractivity contribution in [3.63, 3.8) is 0 Å². The quantitative estimate of drug-likeness (QED) is 0.340. The predicted octanol–water partition coefficient (Wildman–Crippen LogP) is 5.92. The standard InChI is InChI=1S/C28H25NO3/c30-28(27(22-12-4-1-5-13-22)23-14-6-2-7-15-23)29-25-18-10-11-19-26(25)32-21-20-31-24-16-8-3-9-17-24/h1-19,27H,20-21H2,(H,29,30). The SMILES string of the molecule is O=C(Nc1ccccc1OCCOc1ccccc1)C(c1ccccc1)c1ccccc1. The first-order valence-electron chi connectivity index (χ1n) is 10.6. The van der Waals surface area contributed by atoms with Gasteiger partial charge in [-0.2, -0.15) is 0 Å². The number of rotatable bonds is 9. The highest BCUT2D eigenvalue weighted by Crippen LogP contribution is 2.29. The first kappa shape index (κ1) is 21.2. The van der Waals surface area contributed by atoms with E-state index in [4.69, 9.17) is 9.47 Å². The highest BCUT2D eigenvalue weighted by Gasteiger charge is 2.23. The first-order valence-corrected chi connectivity index (χ1v) is 10.6. The molecule has 0 fully saturated rings. The van der Waals surface area contributed by atoms with Crippen LogP contribution in [0.1, 0.15) is 17.0 Å². The molecule has 4 aromatic carbocycles. The van der Waals surface area contributed by atoms with E-state index in [1.807, 2.05) is 115 Å².